The molecule has 1 N–H and O–H groups in total. The van der Waals surface area contributed by atoms with Crippen molar-refractivity contribution in [1.82, 2.24) is 9.78 Å². The predicted octanol–water partition coefficient (Wildman–Crippen LogP) is 2.26. The number of aliphatic hydroxyl groups excluding tert-OH is 1. The Morgan fingerprint density at radius 3 is 2.47 bits per heavy atom. The van der Waals surface area contributed by atoms with E-state index in [9.17, 15) is 5.11 Å². The Morgan fingerprint density at radius 2 is 1.94 bits per heavy atom. The van der Waals surface area contributed by atoms with Crippen LogP contribution in [0.4, 0.5) is 0 Å². The maximum absolute atomic E-state index is 10.1. The van der Waals surface area contributed by atoms with Crippen LogP contribution in [0.3, 0.4) is 0 Å². The molecule has 3 heteroatoms. The first kappa shape index (κ1) is 11.9. The zero-order chi connectivity index (χ0) is 12.3. The van der Waals surface area contributed by atoms with E-state index in [4.69, 9.17) is 0 Å². The molecule has 0 saturated carbocycles. The van der Waals surface area contributed by atoms with E-state index in [-0.39, 0.29) is 0 Å². The van der Waals surface area contributed by atoms with Crippen LogP contribution in [0.15, 0.2) is 36.5 Å². The van der Waals surface area contributed by atoms with Gasteiger partial charge in [0.2, 0.25) is 0 Å². The van der Waals surface area contributed by atoms with Crippen LogP contribution in [0, 0.1) is 0 Å². The maximum atomic E-state index is 10.1. The number of hydrogen-bond donors (Lipinski definition) is 1. The van der Waals surface area contributed by atoms with Gasteiger partial charge < -0.3 is 5.11 Å². The minimum atomic E-state index is -0.476. The minimum Gasteiger partial charge on any atom is -0.388 e. The third kappa shape index (κ3) is 2.94. The first-order chi connectivity index (χ1) is 8.19. The molecule has 1 unspecified atom stereocenters. The molecule has 17 heavy (non-hydrogen) atoms. The van der Waals surface area contributed by atoms with Crippen molar-refractivity contribution in [1.29, 1.82) is 0 Å². The van der Waals surface area contributed by atoms with Gasteiger partial charge in [-0.1, -0.05) is 31.2 Å². The van der Waals surface area contributed by atoms with Crippen LogP contribution in [0.25, 0.3) is 0 Å². The molecule has 1 heterocycles. The summed E-state index contributed by atoms with van der Waals surface area (Å²) >= 11 is 0. The topological polar surface area (TPSA) is 38.0 Å². The van der Waals surface area contributed by atoms with Gasteiger partial charge in [-0.3, -0.25) is 4.68 Å². The fourth-order valence-corrected chi connectivity index (χ4v) is 1.86. The zero-order valence-electron chi connectivity index (χ0n) is 10.3. The van der Waals surface area contributed by atoms with Gasteiger partial charge in [-0.2, -0.15) is 5.10 Å². The summed E-state index contributed by atoms with van der Waals surface area (Å²) in [5, 5.41) is 14.4. The summed E-state index contributed by atoms with van der Waals surface area (Å²) in [6.07, 6.45) is 3.00. The van der Waals surface area contributed by atoms with Crippen molar-refractivity contribution in [2.24, 2.45) is 7.05 Å². The van der Waals surface area contributed by atoms with E-state index in [2.05, 4.69) is 24.2 Å². The normalized spacial score (nSPS) is 12.6. The second-order valence-corrected chi connectivity index (χ2v) is 4.30. The Hall–Kier alpha value is -1.61. The zero-order valence-corrected chi connectivity index (χ0v) is 10.3. The monoisotopic (exact) mass is 230 g/mol. The van der Waals surface area contributed by atoms with E-state index in [1.165, 1.54) is 5.56 Å². The number of rotatable bonds is 4. The molecule has 1 aromatic heterocycles. The van der Waals surface area contributed by atoms with Crippen molar-refractivity contribution in [3.05, 3.63) is 53.3 Å². The molecule has 0 bridgehead atoms. The number of aryl methyl sites for hydroxylation is 2. The highest BCUT2D eigenvalue weighted by atomic mass is 16.3. The molecule has 0 fully saturated rings. The average Bonchev–Trinajstić information content (AvgIpc) is 2.75. The molecule has 0 saturated heterocycles. The van der Waals surface area contributed by atoms with Crippen molar-refractivity contribution < 1.29 is 5.11 Å². The molecule has 1 atom stereocenters. The molecule has 0 spiro atoms. The number of hydrogen-bond acceptors (Lipinski definition) is 2. The lowest BCUT2D eigenvalue weighted by molar-refractivity contribution is 0.177. The smallest absolute Gasteiger partial charge is 0.0846 e. The fourth-order valence-electron chi connectivity index (χ4n) is 1.86. The molecule has 0 radical (unpaired) electrons. The van der Waals surface area contributed by atoms with Gasteiger partial charge in [0.15, 0.2) is 0 Å². The van der Waals surface area contributed by atoms with E-state index >= 15 is 0 Å². The Kier molecular flexibility index (Phi) is 3.59. The molecule has 3 nitrogen and oxygen atoms in total. The molecule has 90 valence electrons. The van der Waals surface area contributed by atoms with Gasteiger partial charge in [0.05, 0.1) is 11.8 Å². The third-order valence-electron chi connectivity index (χ3n) is 2.94. The molecule has 0 aliphatic heterocycles. The van der Waals surface area contributed by atoms with Crippen LogP contribution in [0.1, 0.15) is 29.8 Å². The van der Waals surface area contributed by atoms with Gasteiger partial charge in [-0.05, 0) is 23.6 Å². The van der Waals surface area contributed by atoms with E-state index in [1.807, 2.05) is 31.4 Å². The van der Waals surface area contributed by atoms with Crippen LogP contribution < -0.4 is 0 Å². The number of aromatic nitrogens is 2. The SMILES string of the molecule is CCc1ccc(C(O)Cc2ccn(C)n2)cc1. The van der Waals surface area contributed by atoms with Gasteiger partial charge >= 0.3 is 0 Å². The van der Waals surface area contributed by atoms with Crippen LogP contribution in [0.2, 0.25) is 0 Å². The quantitative estimate of drug-likeness (QED) is 0.875. The van der Waals surface area contributed by atoms with Crippen molar-refractivity contribution >= 4 is 0 Å². The Balaban J connectivity index is 2.06. The van der Waals surface area contributed by atoms with Crippen LogP contribution in [-0.2, 0) is 19.9 Å². The molecule has 2 aromatic rings. The Morgan fingerprint density at radius 1 is 1.24 bits per heavy atom. The van der Waals surface area contributed by atoms with E-state index in [0.717, 1.165) is 17.7 Å². The highest BCUT2D eigenvalue weighted by Gasteiger charge is 2.10. The Labute approximate surface area is 102 Å². The number of aliphatic hydroxyl groups is 1. The van der Waals surface area contributed by atoms with Gasteiger partial charge in [0, 0.05) is 19.7 Å². The molecule has 0 aliphatic rings. The summed E-state index contributed by atoms with van der Waals surface area (Å²) < 4.78 is 1.75. The molecule has 1 aromatic carbocycles. The number of benzene rings is 1. The summed E-state index contributed by atoms with van der Waals surface area (Å²) in [6.45, 7) is 2.12. The fraction of sp³-hybridized carbons (Fsp3) is 0.357. The minimum absolute atomic E-state index is 0.476. The summed E-state index contributed by atoms with van der Waals surface area (Å²) in [4.78, 5) is 0. The van der Waals surface area contributed by atoms with E-state index < -0.39 is 6.10 Å². The summed E-state index contributed by atoms with van der Waals surface area (Å²) in [5.74, 6) is 0. The van der Waals surface area contributed by atoms with Crippen molar-refractivity contribution in [2.45, 2.75) is 25.9 Å². The predicted molar refractivity (Wildman–Crippen MR) is 67.7 cm³/mol. The molecular weight excluding hydrogens is 212 g/mol. The molecule has 0 amide bonds. The second-order valence-electron chi connectivity index (χ2n) is 4.30. The van der Waals surface area contributed by atoms with E-state index in [1.54, 1.807) is 4.68 Å². The van der Waals surface area contributed by atoms with Gasteiger partial charge in [0.25, 0.3) is 0 Å². The van der Waals surface area contributed by atoms with Gasteiger partial charge in [0.1, 0.15) is 0 Å². The molecule has 0 aliphatic carbocycles. The summed E-state index contributed by atoms with van der Waals surface area (Å²) in [7, 11) is 1.88. The van der Waals surface area contributed by atoms with E-state index in [0.29, 0.717) is 6.42 Å². The average molecular weight is 230 g/mol. The third-order valence-corrected chi connectivity index (χ3v) is 2.94. The van der Waals surface area contributed by atoms with Crippen LogP contribution in [-0.4, -0.2) is 14.9 Å². The van der Waals surface area contributed by atoms with Crippen molar-refractivity contribution in [2.75, 3.05) is 0 Å². The maximum Gasteiger partial charge on any atom is 0.0846 e. The van der Waals surface area contributed by atoms with Crippen molar-refractivity contribution in [3.8, 4) is 0 Å². The lowest BCUT2D eigenvalue weighted by Crippen LogP contribution is -2.03. The highest BCUT2D eigenvalue weighted by Crippen LogP contribution is 2.18. The number of nitrogens with zero attached hydrogens (tertiary/aromatic N) is 2. The lowest BCUT2D eigenvalue weighted by Gasteiger charge is -2.09. The molecular formula is C14H18N2O. The summed E-state index contributed by atoms with van der Waals surface area (Å²) in [6, 6.07) is 10.1. The lowest BCUT2D eigenvalue weighted by atomic mass is 10.0. The first-order valence-corrected chi connectivity index (χ1v) is 5.94. The van der Waals surface area contributed by atoms with Gasteiger partial charge in [-0.15, -0.1) is 0 Å². The summed E-state index contributed by atoms with van der Waals surface area (Å²) in [5.41, 5.74) is 3.16. The standard InChI is InChI=1S/C14H18N2O/c1-3-11-4-6-12(7-5-11)14(17)10-13-8-9-16(2)15-13/h4-9,14,17H,3,10H2,1-2H3. The van der Waals surface area contributed by atoms with Gasteiger partial charge in [-0.25, -0.2) is 0 Å². The van der Waals surface area contributed by atoms with Crippen LogP contribution >= 0.6 is 0 Å². The Bertz CT molecular complexity index is 473. The second kappa shape index (κ2) is 5.15. The molecule has 2 rings (SSSR count). The van der Waals surface area contributed by atoms with Crippen molar-refractivity contribution in [3.63, 3.8) is 0 Å². The van der Waals surface area contributed by atoms with Crippen LogP contribution in [0.5, 0.6) is 0 Å². The highest BCUT2D eigenvalue weighted by molar-refractivity contribution is 5.25. The largest absolute Gasteiger partial charge is 0.388 e. The first-order valence-electron chi connectivity index (χ1n) is 5.94.